The molecule has 0 heterocycles. The molecule has 0 aliphatic rings. The second kappa shape index (κ2) is 4.09. The van der Waals surface area contributed by atoms with E-state index in [9.17, 15) is 10.1 Å². The standard InChI is InChI=1S/C6H3Cl2N4O2/c7-3-1-4(8)6(10-11-9)5(2-3)12(13)14/h1-2,10H/q+1. The van der Waals surface area contributed by atoms with Crippen LogP contribution in [0.15, 0.2) is 12.1 Å². The molecular formula is C6H3Cl2N4O2+. The van der Waals surface area contributed by atoms with Crippen LogP contribution in [0.3, 0.4) is 0 Å². The highest BCUT2D eigenvalue weighted by atomic mass is 35.5. The summed E-state index contributed by atoms with van der Waals surface area (Å²) in [5, 5.41) is 21.4. The molecule has 0 spiro atoms. The molecule has 0 aliphatic carbocycles. The summed E-state index contributed by atoms with van der Waals surface area (Å²) in [6, 6.07) is 2.39. The Morgan fingerprint density at radius 3 is 2.64 bits per heavy atom. The number of nitro groups is 1. The summed E-state index contributed by atoms with van der Waals surface area (Å²) in [6.07, 6.45) is 0. The number of nitrogens with one attached hydrogen (secondary N) is 1. The van der Waals surface area contributed by atoms with Crippen molar-refractivity contribution in [2.24, 2.45) is 0 Å². The molecule has 0 bridgehead atoms. The van der Waals surface area contributed by atoms with Crippen LogP contribution in [0.5, 0.6) is 0 Å². The Morgan fingerprint density at radius 1 is 1.50 bits per heavy atom. The molecule has 0 radical (unpaired) electrons. The topological polar surface area (TPSA) is 83.3 Å². The third kappa shape index (κ3) is 2.02. The second-order valence-corrected chi connectivity index (χ2v) is 3.09. The number of hydrogen-bond acceptors (Lipinski definition) is 4. The van der Waals surface area contributed by atoms with Crippen molar-refractivity contribution in [2.75, 3.05) is 5.43 Å². The summed E-state index contributed by atoms with van der Waals surface area (Å²) in [7, 11) is 0. The minimum absolute atomic E-state index is 0.00185. The van der Waals surface area contributed by atoms with Crippen LogP contribution in [0.2, 0.25) is 10.0 Å². The number of benzene rings is 1. The summed E-state index contributed by atoms with van der Waals surface area (Å²) in [6.45, 7) is 0. The fraction of sp³-hybridized carbons (Fsp3) is 0. The van der Waals surface area contributed by atoms with Gasteiger partial charge in [-0.05, 0) is 11.5 Å². The van der Waals surface area contributed by atoms with E-state index in [0.717, 1.165) is 6.07 Å². The molecule has 0 atom stereocenters. The lowest BCUT2D eigenvalue weighted by molar-refractivity contribution is -0.383. The van der Waals surface area contributed by atoms with Crippen molar-refractivity contribution in [1.82, 2.24) is 0 Å². The van der Waals surface area contributed by atoms with Crippen molar-refractivity contribution in [2.45, 2.75) is 0 Å². The van der Waals surface area contributed by atoms with E-state index in [0.29, 0.717) is 0 Å². The highest BCUT2D eigenvalue weighted by Crippen LogP contribution is 2.35. The SMILES string of the molecule is N#[N+]Nc1c(Cl)cc(Cl)cc1[N+](=O)[O-]. The number of nitrogens with zero attached hydrogens (tertiary/aromatic N) is 3. The smallest absolute Gasteiger partial charge is 0.258 e. The van der Waals surface area contributed by atoms with Gasteiger partial charge in [-0.2, -0.15) is 0 Å². The lowest BCUT2D eigenvalue weighted by Gasteiger charge is -1.98. The summed E-state index contributed by atoms with van der Waals surface area (Å²) in [4.78, 5) is 9.84. The molecule has 0 aliphatic heterocycles. The van der Waals surface area contributed by atoms with E-state index in [1.54, 1.807) is 0 Å². The van der Waals surface area contributed by atoms with E-state index in [4.69, 9.17) is 28.6 Å². The van der Waals surface area contributed by atoms with Crippen LogP contribution in [-0.2, 0) is 0 Å². The van der Waals surface area contributed by atoms with Crippen molar-refractivity contribution >= 4 is 34.6 Å². The molecule has 8 heteroatoms. The van der Waals surface area contributed by atoms with Gasteiger partial charge in [0.05, 0.1) is 9.95 Å². The van der Waals surface area contributed by atoms with E-state index >= 15 is 0 Å². The van der Waals surface area contributed by atoms with E-state index in [2.05, 4.69) is 5.08 Å². The number of anilines is 1. The Morgan fingerprint density at radius 2 is 2.14 bits per heavy atom. The molecule has 1 aromatic carbocycles. The van der Waals surface area contributed by atoms with Gasteiger partial charge in [-0.25, -0.2) is 0 Å². The molecule has 6 nitrogen and oxygen atoms in total. The molecule has 0 fully saturated rings. The maximum atomic E-state index is 10.5. The zero-order valence-corrected chi connectivity index (χ0v) is 8.08. The molecular weight excluding hydrogens is 231 g/mol. The van der Waals surface area contributed by atoms with Crippen molar-refractivity contribution in [3.05, 3.63) is 37.4 Å². The minimum Gasteiger partial charge on any atom is -0.258 e. The zero-order chi connectivity index (χ0) is 10.7. The Bertz CT molecular complexity index is 429. The van der Waals surface area contributed by atoms with Gasteiger partial charge in [0.25, 0.3) is 5.39 Å². The molecule has 14 heavy (non-hydrogen) atoms. The number of halogens is 2. The van der Waals surface area contributed by atoms with Gasteiger partial charge in [0.2, 0.25) is 5.69 Å². The predicted octanol–water partition coefficient (Wildman–Crippen LogP) is 3.08. The third-order valence-corrected chi connectivity index (χ3v) is 1.91. The monoisotopic (exact) mass is 233 g/mol. The predicted molar refractivity (Wildman–Crippen MR) is 51.8 cm³/mol. The van der Waals surface area contributed by atoms with Crippen LogP contribution in [0.4, 0.5) is 11.4 Å². The quantitative estimate of drug-likeness (QED) is 0.484. The van der Waals surface area contributed by atoms with Crippen molar-refractivity contribution in [1.29, 1.82) is 5.39 Å². The van der Waals surface area contributed by atoms with E-state index < -0.39 is 4.92 Å². The Hall–Kier alpha value is -1.58. The van der Waals surface area contributed by atoms with Crippen molar-refractivity contribution < 1.29 is 4.92 Å². The van der Waals surface area contributed by atoms with E-state index in [1.165, 1.54) is 6.07 Å². The van der Waals surface area contributed by atoms with Crippen LogP contribution in [0.25, 0.3) is 5.08 Å². The summed E-state index contributed by atoms with van der Waals surface area (Å²) >= 11 is 11.2. The fourth-order valence-electron chi connectivity index (χ4n) is 0.865. The fourth-order valence-corrected chi connectivity index (χ4v) is 1.39. The average Bonchev–Trinajstić information content (AvgIpc) is 2.09. The maximum Gasteiger partial charge on any atom is 0.308 e. The minimum atomic E-state index is -0.689. The largest absolute Gasteiger partial charge is 0.308 e. The van der Waals surface area contributed by atoms with E-state index in [-0.39, 0.29) is 21.4 Å². The normalized spacial score (nSPS) is 9.21. The van der Waals surface area contributed by atoms with Crippen molar-refractivity contribution in [3.8, 4) is 0 Å². The van der Waals surface area contributed by atoms with Gasteiger partial charge >= 0.3 is 10.8 Å². The molecule has 0 unspecified atom stereocenters. The van der Waals surface area contributed by atoms with Gasteiger partial charge in [-0.1, -0.05) is 23.2 Å². The van der Waals surface area contributed by atoms with Crippen LogP contribution >= 0.6 is 23.2 Å². The first-order valence-electron chi connectivity index (χ1n) is 3.30. The Balaban J connectivity index is 3.38. The molecule has 72 valence electrons. The van der Waals surface area contributed by atoms with Gasteiger partial charge in [-0.15, -0.1) is 0 Å². The molecule has 1 N–H and O–H groups in total. The van der Waals surface area contributed by atoms with Crippen molar-refractivity contribution in [3.63, 3.8) is 0 Å². The van der Waals surface area contributed by atoms with Crippen LogP contribution in [0.1, 0.15) is 0 Å². The van der Waals surface area contributed by atoms with Gasteiger partial charge < -0.3 is 0 Å². The van der Waals surface area contributed by atoms with Gasteiger partial charge in [0, 0.05) is 11.1 Å². The van der Waals surface area contributed by atoms with E-state index in [1.807, 2.05) is 5.43 Å². The first kappa shape index (κ1) is 10.5. The molecule has 0 saturated carbocycles. The summed E-state index contributed by atoms with van der Waals surface area (Å²) in [5.74, 6) is 0. The molecule has 0 aromatic heterocycles. The molecule has 1 rings (SSSR count). The van der Waals surface area contributed by atoms with Crippen LogP contribution in [0, 0.1) is 15.5 Å². The van der Waals surface area contributed by atoms with Crippen LogP contribution < -0.4 is 5.43 Å². The summed E-state index contributed by atoms with van der Waals surface area (Å²) < 4.78 is 0. The number of diazo groups is 1. The lowest BCUT2D eigenvalue weighted by Crippen LogP contribution is -1.95. The number of hydrogen-bond donors (Lipinski definition) is 1. The lowest BCUT2D eigenvalue weighted by atomic mass is 10.3. The van der Waals surface area contributed by atoms with Gasteiger partial charge in [-0.3, -0.25) is 10.1 Å². The Labute approximate surface area is 88.2 Å². The number of rotatable bonds is 2. The number of nitro benzene ring substituents is 1. The zero-order valence-electron chi connectivity index (χ0n) is 6.57. The third-order valence-electron chi connectivity index (χ3n) is 1.39. The maximum absolute atomic E-state index is 10.5. The first-order valence-corrected chi connectivity index (χ1v) is 4.05. The first-order chi connectivity index (χ1) is 6.56. The average molecular weight is 234 g/mol. The highest BCUT2D eigenvalue weighted by molar-refractivity contribution is 6.37. The summed E-state index contributed by atoms with van der Waals surface area (Å²) in [5.41, 5.74) is 1.53. The second-order valence-electron chi connectivity index (χ2n) is 2.25. The molecule has 0 saturated heterocycles. The molecule has 1 aromatic rings. The van der Waals surface area contributed by atoms with Gasteiger partial charge in [0.15, 0.2) is 0 Å². The van der Waals surface area contributed by atoms with Crippen LogP contribution in [-0.4, -0.2) is 4.92 Å². The molecule has 0 amide bonds. The Kier molecular flexibility index (Phi) is 3.06. The van der Waals surface area contributed by atoms with Gasteiger partial charge in [0.1, 0.15) is 0 Å². The highest BCUT2D eigenvalue weighted by Gasteiger charge is 2.22.